The van der Waals surface area contributed by atoms with Gasteiger partial charge in [0.25, 0.3) is 0 Å². The van der Waals surface area contributed by atoms with E-state index in [0.717, 1.165) is 0 Å². The number of ketones is 1. The van der Waals surface area contributed by atoms with Crippen LogP contribution in [-0.2, 0) is 20.7 Å². The first-order chi connectivity index (χ1) is 8.28. The van der Waals surface area contributed by atoms with Crippen molar-refractivity contribution in [3.63, 3.8) is 0 Å². The van der Waals surface area contributed by atoms with Crippen LogP contribution in [0.5, 0.6) is 0 Å². The number of hydrogen-bond donors (Lipinski definition) is 0. The zero-order valence-electron chi connectivity index (χ0n) is 10.8. The normalized spacial score (nSPS) is 11.1. The predicted octanol–water partition coefficient (Wildman–Crippen LogP) is 2.67. The third-order valence-electron chi connectivity index (χ3n) is 2.11. The predicted molar refractivity (Wildman–Crippen MR) is 65.6 cm³/mol. The molecule has 1 rings (SSSR count). The highest BCUT2D eigenvalue weighted by molar-refractivity contribution is 5.96. The highest BCUT2D eigenvalue weighted by Crippen LogP contribution is 2.11. The maximum atomic E-state index is 13.3. The molecule has 0 atom stereocenters. The summed E-state index contributed by atoms with van der Waals surface area (Å²) >= 11 is 0. The second-order valence-corrected chi connectivity index (χ2v) is 5.07. The number of halogens is 1. The van der Waals surface area contributed by atoms with Gasteiger partial charge >= 0.3 is 5.97 Å². The second-order valence-electron chi connectivity index (χ2n) is 5.07. The Morgan fingerprint density at radius 1 is 1.22 bits per heavy atom. The van der Waals surface area contributed by atoms with Gasteiger partial charge in [-0.2, -0.15) is 0 Å². The Morgan fingerprint density at radius 3 is 2.39 bits per heavy atom. The summed E-state index contributed by atoms with van der Waals surface area (Å²) in [6.07, 6.45) is -0.419. The van der Waals surface area contributed by atoms with Crippen molar-refractivity contribution < 1.29 is 18.7 Å². The second kappa shape index (κ2) is 5.76. The van der Waals surface area contributed by atoms with Gasteiger partial charge in [-0.15, -0.1) is 0 Å². The van der Waals surface area contributed by atoms with E-state index in [0.29, 0.717) is 5.56 Å². The maximum Gasteiger partial charge on any atom is 0.313 e. The average Bonchev–Trinajstić information content (AvgIpc) is 2.18. The Balaban J connectivity index is 2.53. The molecule has 3 nitrogen and oxygen atoms in total. The van der Waals surface area contributed by atoms with Gasteiger partial charge in [0.15, 0.2) is 0 Å². The summed E-state index contributed by atoms with van der Waals surface area (Å²) in [5.74, 6) is -1.37. The molecule has 0 heterocycles. The van der Waals surface area contributed by atoms with E-state index < -0.39 is 17.4 Å². The lowest BCUT2D eigenvalue weighted by Gasteiger charge is -2.19. The maximum absolute atomic E-state index is 13.3. The summed E-state index contributed by atoms with van der Waals surface area (Å²) in [6, 6.07) is 6.02. The van der Waals surface area contributed by atoms with Crippen molar-refractivity contribution in [3.8, 4) is 0 Å². The molecule has 98 valence electrons. The van der Waals surface area contributed by atoms with Crippen LogP contribution in [0.15, 0.2) is 24.3 Å². The van der Waals surface area contributed by atoms with Crippen molar-refractivity contribution >= 4 is 11.8 Å². The van der Waals surface area contributed by atoms with Crippen molar-refractivity contribution in [1.29, 1.82) is 0 Å². The quantitative estimate of drug-likeness (QED) is 0.611. The SMILES string of the molecule is CC(C)(C)OC(=O)CC(=O)Cc1ccccc1F. The minimum atomic E-state index is -0.616. The smallest absolute Gasteiger partial charge is 0.313 e. The van der Waals surface area contributed by atoms with E-state index in [-0.39, 0.29) is 18.6 Å². The molecule has 0 radical (unpaired) electrons. The van der Waals surface area contributed by atoms with Crippen molar-refractivity contribution in [3.05, 3.63) is 35.6 Å². The molecule has 18 heavy (non-hydrogen) atoms. The van der Waals surface area contributed by atoms with E-state index in [1.165, 1.54) is 12.1 Å². The number of rotatable bonds is 4. The van der Waals surface area contributed by atoms with Gasteiger partial charge in [-0.3, -0.25) is 9.59 Å². The molecule has 0 fully saturated rings. The molecule has 0 aromatic heterocycles. The van der Waals surface area contributed by atoms with Crippen LogP contribution < -0.4 is 0 Å². The summed E-state index contributed by atoms with van der Waals surface area (Å²) in [5, 5.41) is 0. The molecular formula is C14H17FO3. The minimum Gasteiger partial charge on any atom is -0.460 e. The van der Waals surface area contributed by atoms with Gasteiger partial charge in [-0.25, -0.2) is 4.39 Å². The van der Waals surface area contributed by atoms with Crippen LogP contribution in [-0.4, -0.2) is 17.4 Å². The van der Waals surface area contributed by atoms with Crippen LogP contribution in [0, 0.1) is 5.82 Å². The van der Waals surface area contributed by atoms with E-state index in [1.807, 2.05) is 0 Å². The largest absolute Gasteiger partial charge is 0.460 e. The van der Waals surface area contributed by atoms with Gasteiger partial charge in [0, 0.05) is 6.42 Å². The first-order valence-corrected chi connectivity index (χ1v) is 5.75. The topological polar surface area (TPSA) is 43.4 Å². The fourth-order valence-corrected chi connectivity index (χ4v) is 1.46. The highest BCUT2D eigenvalue weighted by Gasteiger charge is 2.19. The molecule has 1 aromatic rings. The van der Waals surface area contributed by atoms with Crippen molar-refractivity contribution in [2.45, 2.75) is 39.2 Å². The first kappa shape index (κ1) is 14.4. The fourth-order valence-electron chi connectivity index (χ4n) is 1.46. The Labute approximate surface area is 106 Å². The molecule has 0 saturated heterocycles. The molecule has 0 N–H and O–H groups in total. The lowest BCUT2D eigenvalue weighted by molar-refractivity contribution is -0.156. The third-order valence-corrected chi connectivity index (χ3v) is 2.11. The number of ether oxygens (including phenoxy) is 1. The van der Waals surface area contributed by atoms with E-state index in [2.05, 4.69) is 0 Å². The highest BCUT2D eigenvalue weighted by atomic mass is 19.1. The molecule has 0 saturated carbocycles. The molecule has 0 aliphatic carbocycles. The van der Waals surface area contributed by atoms with Gasteiger partial charge in [0.1, 0.15) is 23.6 Å². The zero-order valence-corrected chi connectivity index (χ0v) is 10.8. The third kappa shape index (κ3) is 5.08. The van der Waals surface area contributed by atoms with Gasteiger partial charge in [-0.05, 0) is 32.4 Å². The van der Waals surface area contributed by atoms with Gasteiger partial charge in [0.2, 0.25) is 0 Å². The summed E-state index contributed by atoms with van der Waals surface area (Å²) in [4.78, 5) is 23.0. The van der Waals surface area contributed by atoms with E-state index >= 15 is 0 Å². The summed E-state index contributed by atoms with van der Waals surface area (Å²) in [7, 11) is 0. The molecule has 0 aliphatic rings. The molecule has 0 amide bonds. The van der Waals surface area contributed by atoms with Crippen LogP contribution in [0.25, 0.3) is 0 Å². The van der Waals surface area contributed by atoms with E-state index in [1.54, 1.807) is 32.9 Å². The lowest BCUT2D eigenvalue weighted by Crippen LogP contribution is -2.25. The van der Waals surface area contributed by atoms with Crippen LogP contribution >= 0.6 is 0 Å². The number of benzene rings is 1. The monoisotopic (exact) mass is 252 g/mol. The molecule has 1 aromatic carbocycles. The zero-order chi connectivity index (χ0) is 13.8. The van der Waals surface area contributed by atoms with Crippen molar-refractivity contribution in [1.82, 2.24) is 0 Å². The van der Waals surface area contributed by atoms with Crippen molar-refractivity contribution in [2.75, 3.05) is 0 Å². The van der Waals surface area contributed by atoms with E-state index in [4.69, 9.17) is 4.74 Å². The van der Waals surface area contributed by atoms with Crippen molar-refractivity contribution in [2.24, 2.45) is 0 Å². The molecule has 0 aliphatic heterocycles. The summed E-state index contributed by atoms with van der Waals surface area (Å²) in [6.45, 7) is 5.19. The fraction of sp³-hybridized carbons (Fsp3) is 0.429. The molecule has 4 heteroatoms. The lowest BCUT2D eigenvalue weighted by atomic mass is 10.1. The van der Waals surface area contributed by atoms with Crippen LogP contribution in [0.2, 0.25) is 0 Å². The molecular weight excluding hydrogens is 235 g/mol. The number of hydrogen-bond acceptors (Lipinski definition) is 3. The summed E-state index contributed by atoms with van der Waals surface area (Å²) in [5.41, 5.74) is -0.318. The molecule has 0 unspecified atom stereocenters. The van der Waals surface area contributed by atoms with Crippen LogP contribution in [0.3, 0.4) is 0 Å². The average molecular weight is 252 g/mol. The first-order valence-electron chi connectivity index (χ1n) is 5.75. The van der Waals surface area contributed by atoms with Crippen LogP contribution in [0.4, 0.5) is 4.39 Å². The van der Waals surface area contributed by atoms with Crippen LogP contribution in [0.1, 0.15) is 32.8 Å². The standard InChI is InChI=1S/C14H17FO3/c1-14(2,3)18-13(17)9-11(16)8-10-6-4-5-7-12(10)15/h4-7H,8-9H2,1-3H3. The number of esters is 1. The molecule has 0 bridgehead atoms. The Kier molecular flexibility index (Phi) is 4.59. The van der Waals surface area contributed by atoms with E-state index in [9.17, 15) is 14.0 Å². The summed E-state index contributed by atoms with van der Waals surface area (Å²) < 4.78 is 18.3. The minimum absolute atomic E-state index is 0.0914. The number of Topliss-reactive ketones (excluding diaryl/α,β-unsaturated/α-hetero) is 1. The van der Waals surface area contributed by atoms with Gasteiger partial charge in [-0.1, -0.05) is 18.2 Å². The van der Waals surface area contributed by atoms with Gasteiger partial charge < -0.3 is 4.74 Å². The number of carbonyl (C=O) groups excluding carboxylic acids is 2. The Morgan fingerprint density at radius 2 is 1.83 bits per heavy atom. The van der Waals surface area contributed by atoms with Gasteiger partial charge in [0.05, 0.1) is 0 Å². The Bertz CT molecular complexity index is 447. The molecule has 0 spiro atoms. The number of carbonyl (C=O) groups is 2. The Hall–Kier alpha value is -1.71.